The van der Waals surface area contributed by atoms with Gasteiger partial charge in [-0.2, -0.15) is 0 Å². The van der Waals surface area contributed by atoms with Gasteiger partial charge in [0, 0.05) is 23.6 Å². The van der Waals surface area contributed by atoms with Gasteiger partial charge >= 0.3 is 6.03 Å². The zero-order chi connectivity index (χ0) is 19.7. The fourth-order valence-electron chi connectivity index (χ4n) is 3.94. The van der Waals surface area contributed by atoms with Gasteiger partial charge in [-0.1, -0.05) is 37.0 Å². The number of amides is 4. The van der Waals surface area contributed by atoms with E-state index >= 15 is 0 Å². The van der Waals surface area contributed by atoms with Crippen LogP contribution >= 0.6 is 0 Å². The smallest absolute Gasteiger partial charge is 0.317 e. The van der Waals surface area contributed by atoms with E-state index in [0.717, 1.165) is 43.4 Å². The Morgan fingerprint density at radius 2 is 1.71 bits per heavy atom. The average molecular weight is 377 g/mol. The minimum Gasteiger partial charge on any atom is -0.317 e. The molecule has 0 spiro atoms. The number of benzene rings is 1. The van der Waals surface area contributed by atoms with Gasteiger partial charge < -0.3 is 4.57 Å². The molecule has 0 unspecified atom stereocenters. The number of hydrogen-bond acceptors (Lipinski definition) is 3. The van der Waals surface area contributed by atoms with Crippen LogP contribution in [0.15, 0.2) is 48.2 Å². The Hall–Kier alpha value is -3.15. The molecular weight excluding hydrogens is 354 g/mol. The summed E-state index contributed by atoms with van der Waals surface area (Å²) in [4.78, 5) is 39.0. The molecule has 1 aromatic carbocycles. The molecule has 0 radical (unpaired) electrons. The van der Waals surface area contributed by atoms with Crippen LogP contribution in [0.3, 0.4) is 0 Å². The molecule has 2 fully saturated rings. The molecule has 28 heavy (non-hydrogen) atoms. The molecule has 144 valence electrons. The lowest BCUT2D eigenvalue weighted by Gasteiger charge is -2.35. The molecule has 1 saturated carbocycles. The molecular formula is C22H23N3O3. The summed E-state index contributed by atoms with van der Waals surface area (Å²) < 4.78 is 1.91. The van der Waals surface area contributed by atoms with Crippen LogP contribution in [-0.4, -0.2) is 33.4 Å². The van der Waals surface area contributed by atoms with Crippen molar-refractivity contribution in [2.45, 2.75) is 45.1 Å². The summed E-state index contributed by atoms with van der Waals surface area (Å²) in [6.45, 7) is 2.02. The summed E-state index contributed by atoms with van der Waals surface area (Å²) in [6.07, 6.45) is 8.13. The Bertz CT molecular complexity index is 950. The Balaban J connectivity index is 1.68. The number of urea groups is 1. The van der Waals surface area contributed by atoms with Crippen molar-refractivity contribution in [3.8, 4) is 5.69 Å². The van der Waals surface area contributed by atoms with Gasteiger partial charge in [-0.05, 0) is 50.1 Å². The fourth-order valence-corrected chi connectivity index (χ4v) is 3.94. The summed E-state index contributed by atoms with van der Waals surface area (Å²) in [5.41, 5.74) is 2.79. The third-order valence-electron chi connectivity index (χ3n) is 5.46. The van der Waals surface area contributed by atoms with Crippen LogP contribution in [-0.2, 0) is 9.59 Å². The van der Waals surface area contributed by atoms with Gasteiger partial charge in [0.2, 0.25) is 0 Å². The van der Waals surface area contributed by atoms with Gasteiger partial charge in [0.15, 0.2) is 0 Å². The number of imide groups is 2. The second kappa shape index (κ2) is 7.46. The van der Waals surface area contributed by atoms with E-state index in [2.05, 4.69) is 5.32 Å². The molecule has 1 aromatic heterocycles. The summed E-state index contributed by atoms with van der Waals surface area (Å²) in [6, 6.07) is 10.9. The minimum absolute atomic E-state index is 0.00256. The maximum absolute atomic E-state index is 13.0. The molecule has 1 saturated heterocycles. The lowest BCUT2D eigenvalue weighted by Crippen LogP contribution is -2.58. The number of barbiturate groups is 1. The number of nitrogens with one attached hydrogen (secondary N) is 1. The first kappa shape index (κ1) is 18.2. The zero-order valence-electron chi connectivity index (χ0n) is 15.9. The van der Waals surface area contributed by atoms with Crippen molar-refractivity contribution in [3.05, 3.63) is 59.4 Å². The summed E-state index contributed by atoms with van der Waals surface area (Å²) in [7, 11) is 0. The van der Waals surface area contributed by atoms with Crippen LogP contribution in [0.5, 0.6) is 0 Å². The topological polar surface area (TPSA) is 71.4 Å². The van der Waals surface area contributed by atoms with Crippen LogP contribution in [0.1, 0.15) is 43.4 Å². The van der Waals surface area contributed by atoms with Gasteiger partial charge in [-0.3, -0.25) is 19.8 Å². The Morgan fingerprint density at radius 3 is 2.43 bits per heavy atom. The average Bonchev–Trinajstić information content (AvgIpc) is 3.15. The molecule has 0 atom stereocenters. The first-order chi connectivity index (χ1) is 13.5. The number of nitrogens with zero attached hydrogens (tertiary/aromatic N) is 2. The SMILES string of the molecule is Cc1ccc(-n2cccc2/C=C2/C(=O)NC(=O)N(C3CCCCC3)C2=O)cc1. The van der Waals surface area contributed by atoms with Crippen LogP contribution in [0, 0.1) is 6.92 Å². The summed E-state index contributed by atoms with van der Waals surface area (Å²) in [5.74, 6) is -1.14. The Morgan fingerprint density at radius 1 is 1.00 bits per heavy atom. The van der Waals surface area contributed by atoms with E-state index in [-0.39, 0.29) is 11.6 Å². The van der Waals surface area contributed by atoms with E-state index in [0.29, 0.717) is 5.69 Å². The monoisotopic (exact) mass is 377 g/mol. The number of aryl methyl sites for hydroxylation is 1. The highest BCUT2D eigenvalue weighted by molar-refractivity contribution is 6.31. The van der Waals surface area contributed by atoms with E-state index in [4.69, 9.17) is 0 Å². The standard InChI is InChI=1S/C22H23N3O3/c1-15-9-11-16(12-10-15)24-13-5-8-18(24)14-19-20(26)23-22(28)25(21(19)27)17-6-3-2-4-7-17/h5,8-14,17H,2-4,6-7H2,1H3,(H,23,26,28)/b19-14-. The second-order valence-corrected chi connectivity index (χ2v) is 7.42. The molecule has 4 amide bonds. The molecule has 6 heteroatoms. The van der Waals surface area contributed by atoms with Crippen molar-refractivity contribution in [2.24, 2.45) is 0 Å². The Labute approximate surface area is 163 Å². The number of hydrogen-bond donors (Lipinski definition) is 1. The molecule has 1 aliphatic carbocycles. The highest BCUT2D eigenvalue weighted by atomic mass is 16.2. The zero-order valence-corrected chi connectivity index (χ0v) is 15.9. The predicted molar refractivity (Wildman–Crippen MR) is 106 cm³/mol. The van der Waals surface area contributed by atoms with Gasteiger partial charge in [-0.25, -0.2) is 4.79 Å². The number of aromatic nitrogens is 1. The molecule has 6 nitrogen and oxygen atoms in total. The molecule has 0 bridgehead atoms. The Kier molecular flexibility index (Phi) is 4.86. The van der Waals surface area contributed by atoms with Crippen molar-refractivity contribution in [1.29, 1.82) is 0 Å². The van der Waals surface area contributed by atoms with Gasteiger partial charge in [0.05, 0.1) is 0 Å². The van der Waals surface area contributed by atoms with Crippen LogP contribution in [0.25, 0.3) is 11.8 Å². The largest absolute Gasteiger partial charge is 0.331 e. The number of carbonyl (C=O) groups excluding carboxylic acids is 3. The molecule has 1 aliphatic heterocycles. The lowest BCUT2D eigenvalue weighted by atomic mass is 9.93. The van der Waals surface area contributed by atoms with Crippen molar-refractivity contribution in [3.63, 3.8) is 0 Å². The lowest BCUT2D eigenvalue weighted by molar-refractivity contribution is -0.132. The van der Waals surface area contributed by atoms with Gasteiger partial charge in [0.1, 0.15) is 5.57 Å². The summed E-state index contributed by atoms with van der Waals surface area (Å²) in [5, 5.41) is 2.34. The van der Waals surface area contributed by atoms with Crippen LogP contribution < -0.4 is 5.32 Å². The van der Waals surface area contributed by atoms with E-state index in [1.165, 1.54) is 4.90 Å². The van der Waals surface area contributed by atoms with Crippen molar-refractivity contribution >= 4 is 23.9 Å². The molecule has 2 aromatic rings. The van der Waals surface area contributed by atoms with Crippen LogP contribution in [0.4, 0.5) is 4.79 Å². The first-order valence-electron chi connectivity index (χ1n) is 9.69. The number of carbonyl (C=O) groups is 3. The highest BCUT2D eigenvalue weighted by Gasteiger charge is 2.40. The number of rotatable bonds is 3. The fraction of sp³-hybridized carbons (Fsp3) is 0.318. The molecule has 1 N–H and O–H groups in total. The van der Waals surface area contributed by atoms with E-state index < -0.39 is 17.8 Å². The van der Waals surface area contributed by atoms with Gasteiger partial charge in [0.25, 0.3) is 11.8 Å². The van der Waals surface area contributed by atoms with Gasteiger partial charge in [-0.15, -0.1) is 0 Å². The molecule has 2 heterocycles. The predicted octanol–water partition coefficient (Wildman–Crippen LogP) is 3.58. The minimum atomic E-state index is -0.640. The van der Waals surface area contributed by atoms with E-state index in [1.807, 2.05) is 54.1 Å². The van der Waals surface area contributed by atoms with Crippen molar-refractivity contribution in [1.82, 2.24) is 14.8 Å². The van der Waals surface area contributed by atoms with E-state index in [9.17, 15) is 14.4 Å². The quantitative estimate of drug-likeness (QED) is 0.656. The molecule has 4 rings (SSSR count). The molecule has 2 aliphatic rings. The normalized spacial score (nSPS) is 20.0. The summed E-state index contributed by atoms with van der Waals surface area (Å²) >= 11 is 0. The van der Waals surface area contributed by atoms with Crippen molar-refractivity contribution < 1.29 is 14.4 Å². The third kappa shape index (κ3) is 3.38. The second-order valence-electron chi connectivity index (χ2n) is 7.42. The van der Waals surface area contributed by atoms with Crippen LogP contribution in [0.2, 0.25) is 0 Å². The first-order valence-corrected chi connectivity index (χ1v) is 9.69. The third-order valence-corrected chi connectivity index (χ3v) is 5.46. The van der Waals surface area contributed by atoms with E-state index in [1.54, 1.807) is 6.08 Å². The highest BCUT2D eigenvalue weighted by Crippen LogP contribution is 2.26. The van der Waals surface area contributed by atoms with Crippen molar-refractivity contribution in [2.75, 3.05) is 0 Å². The maximum atomic E-state index is 13.0. The maximum Gasteiger partial charge on any atom is 0.331 e.